The fourth-order valence-electron chi connectivity index (χ4n) is 4.46. The summed E-state index contributed by atoms with van der Waals surface area (Å²) in [6.07, 6.45) is 2.20. The minimum absolute atomic E-state index is 0.0203. The Morgan fingerprint density at radius 3 is 2.77 bits per heavy atom. The number of carbonyl (C=O) groups is 2. The van der Waals surface area contributed by atoms with E-state index in [9.17, 15) is 14.0 Å². The van der Waals surface area contributed by atoms with Crippen molar-refractivity contribution in [3.8, 4) is 5.75 Å². The van der Waals surface area contributed by atoms with E-state index in [0.717, 1.165) is 30.4 Å². The maximum absolute atomic E-state index is 13.6. The van der Waals surface area contributed by atoms with Gasteiger partial charge >= 0.3 is 6.09 Å². The quantitative estimate of drug-likeness (QED) is 0.437. The van der Waals surface area contributed by atoms with Gasteiger partial charge in [0.1, 0.15) is 18.2 Å². The summed E-state index contributed by atoms with van der Waals surface area (Å²) >= 11 is 13.0. The molecule has 2 fully saturated rings. The van der Waals surface area contributed by atoms with Gasteiger partial charge < -0.3 is 19.7 Å². The number of hydrogen-bond acceptors (Lipinski definition) is 6. The van der Waals surface area contributed by atoms with Crippen molar-refractivity contribution in [1.82, 2.24) is 15.2 Å². The van der Waals surface area contributed by atoms with E-state index in [0.29, 0.717) is 27.8 Å². The van der Waals surface area contributed by atoms with Crippen LogP contribution in [0.4, 0.5) is 9.18 Å². The first-order valence-corrected chi connectivity index (χ1v) is 12.8. The van der Waals surface area contributed by atoms with E-state index in [1.807, 2.05) is 6.07 Å². The Balaban J connectivity index is 1.10. The topological polar surface area (TPSA) is 80.8 Å². The predicted molar refractivity (Wildman–Crippen MR) is 132 cm³/mol. The number of hydrogen-bond donors (Lipinski definition) is 1. The molecule has 1 aliphatic carbocycles. The molecular formula is C24H22Cl2FN3O4S. The number of nitrogens with zero attached hydrogens (tertiary/aromatic N) is 2. The number of aromatic nitrogens is 1. The maximum Gasteiger partial charge on any atom is 0.410 e. The first-order chi connectivity index (χ1) is 16.9. The lowest BCUT2D eigenvalue weighted by molar-refractivity contribution is 0.0904. The Labute approximate surface area is 215 Å². The van der Waals surface area contributed by atoms with E-state index in [1.165, 1.54) is 23.5 Å². The average molecular weight is 538 g/mol. The van der Waals surface area contributed by atoms with Crippen molar-refractivity contribution in [2.45, 2.75) is 43.9 Å². The zero-order valence-electron chi connectivity index (χ0n) is 18.5. The van der Waals surface area contributed by atoms with Gasteiger partial charge in [-0.15, -0.1) is 11.3 Å². The van der Waals surface area contributed by atoms with Crippen LogP contribution in [0.15, 0.2) is 36.4 Å². The summed E-state index contributed by atoms with van der Waals surface area (Å²) in [7, 11) is 0. The molecule has 2 amide bonds. The highest BCUT2D eigenvalue weighted by Gasteiger charge is 2.38. The molecule has 7 nitrogen and oxygen atoms in total. The zero-order valence-corrected chi connectivity index (χ0v) is 20.8. The number of thiazole rings is 1. The molecule has 1 saturated carbocycles. The summed E-state index contributed by atoms with van der Waals surface area (Å²) in [6, 6.07) is 9.64. The molecule has 2 heterocycles. The first kappa shape index (κ1) is 24.1. The molecule has 184 valence electrons. The number of fused-ring (bicyclic) bond motifs is 1. The van der Waals surface area contributed by atoms with Gasteiger partial charge in [-0.1, -0.05) is 23.2 Å². The van der Waals surface area contributed by atoms with E-state index in [4.69, 9.17) is 32.7 Å². The SMILES string of the molecule is O=C(NC1CCC(N2CC(COc3ccc(Cl)c(F)c3)OC2=O)CC1)c1nc2cc(Cl)ccc2s1. The maximum atomic E-state index is 13.6. The molecule has 35 heavy (non-hydrogen) atoms. The third-order valence-corrected chi connectivity index (χ3v) is 7.82. The molecular weight excluding hydrogens is 516 g/mol. The summed E-state index contributed by atoms with van der Waals surface area (Å²) in [6.45, 7) is 0.535. The van der Waals surface area contributed by atoms with Crippen molar-refractivity contribution in [2.75, 3.05) is 13.2 Å². The molecule has 0 spiro atoms. The Hall–Kier alpha value is -2.62. The highest BCUT2D eigenvalue weighted by atomic mass is 35.5. The van der Waals surface area contributed by atoms with Crippen LogP contribution in [0.5, 0.6) is 5.75 Å². The molecule has 2 aromatic carbocycles. The van der Waals surface area contributed by atoms with Gasteiger partial charge in [-0.25, -0.2) is 14.2 Å². The molecule has 1 N–H and O–H groups in total. The van der Waals surface area contributed by atoms with Gasteiger partial charge in [0.05, 0.1) is 21.8 Å². The molecule has 0 bridgehead atoms. The Morgan fingerprint density at radius 2 is 2.00 bits per heavy atom. The second-order valence-electron chi connectivity index (χ2n) is 8.66. The summed E-state index contributed by atoms with van der Waals surface area (Å²) in [5, 5.41) is 4.09. The van der Waals surface area contributed by atoms with Gasteiger partial charge in [-0.2, -0.15) is 0 Å². The van der Waals surface area contributed by atoms with Crippen LogP contribution >= 0.6 is 34.5 Å². The number of cyclic esters (lactones) is 1. The minimum Gasteiger partial charge on any atom is -0.490 e. The van der Waals surface area contributed by atoms with Crippen LogP contribution < -0.4 is 10.1 Å². The minimum atomic E-state index is -0.564. The molecule has 3 aromatic rings. The highest BCUT2D eigenvalue weighted by Crippen LogP contribution is 2.29. The van der Waals surface area contributed by atoms with Crippen molar-refractivity contribution in [2.24, 2.45) is 0 Å². The standard InChI is InChI=1S/C24H22Cl2FN3O4S/c25-13-1-8-21-20(9-13)29-23(35-21)22(31)28-14-2-4-15(5-3-14)30-11-17(34-24(30)32)12-33-16-6-7-18(26)19(27)10-16/h1,6-10,14-15,17H,2-5,11-12H2,(H,28,31). The number of nitrogens with one attached hydrogen (secondary N) is 1. The van der Waals surface area contributed by atoms with E-state index < -0.39 is 11.9 Å². The van der Waals surface area contributed by atoms with Crippen LogP contribution in [0.3, 0.4) is 0 Å². The third kappa shape index (κ3) is 5.47. The van der Waals surface area contributed by atoms with E-state index in [1.54, 1.807) is 23.1 Å². The number of ether oxygens (including phenoxy) is 2. The fraction of sp³-hybridized carbons (Fsp3) is 0.375. The normalized spacial score (nSPS) is 22.3. The number of halogens is 3. The van der Waals surface area contributed by atoms with Gasteiger partial charge in [0.2, 0.25) is 0 Å². The Morgan fingerprint density at radius 1 is 1.20 bits per heavy atom. The molecule has 1 aliphatic heterocycles. The zero-order chi connectivity index (χ0) is 24.5. The molecule has 0 radical (unpaired) electrons. The van der Waals surface area contributed by atoms with Gasteiger partial charge in [0, 0.05) is 23.2 Å². The lowest BCUT2D eigenvalue weighted by Gasteiger charge is -2.33. The Bertz CT molecular complexity index is 1260. The van der Waals surface area contributed by atoms with Crippen LogP contribution in [0.2, 0.25) is 10.0 Å². The van der Waals surface area contributed by atoms with E-state index in [-0.39, 0.29) is 35.7 Å². The molecule has 1 atom stereocenters. The van der Waals surface area contributed by atoms with E-state index in [2.05, 4.69) is 10.3 Å². The first-order valence-electron chi connectivity index (χ1n) is 11.3. The molecule has 5 rings (SSSR count). The number of amides is 2. The van der Waals surface area contributed by atoms with Gasteiger partial charge in [0.25, 0.3) is 5.91 Å². The largest absolute Gasteiger partial charge is 0.490 e. The van der Waals surface area contributed by atoms with Crippen LogP contribution in [0.25, 0.3) is 10.2 Å². The molecule has 1 saturated heterocycles. The lowest BCUT2D eigenvalue weighted by atomic mass is 9.90. The Kier molecular flexibility index (Phi) is 7.00. The fourth-order valence-corrected chi connectivity index (χ4v) is 5.59. The summed E-state index contributed by atoms with van der Waals surface area (Å²) in [4.78, 5) is 31.3. The lowest BCUT2D eigenvalue weighted by Crippen LogP contribution is -2.44. The summed E-state index contributed by atoms with van der Waals surface area (Å²) in [5.41, 5.74) is 0.712. The molecule has 11 heteroatoms. The van der Waals surface area contributed by atoms with Crippen molar-refractivity contribution in [3.05, 3.63) is 57.3 Å². The van der Waals surface area contributed by atoms with Crippen LogP contribution in [0.1, 0.15) is 35.5 Å². The third-order valence-electron chi connectivity index (χ3n) is 6.25. The van der Waals surface area contributed by atoms with Crippen LogP contribution in [-0.4, -0.2) is 53.2 Å². The highest BCUT2D eigenvalue weighted by molar-refractivity contribution is 7.20. The number of benzene rings is 2. The van der Waals surface area contributed by atoms with Crippen molar-refractivity contribution < 1.29 is 23.5 Å². The monoisotopic (exact) mass is 537 g/mol. The second kappa shape index (κ2) is 10.2. The molecule has 1 aromatic heterocycles. The van der Waals surface area contributed by atoms with Crippen molar-refractivity contribution in [1.29, 1.82) is 0 Å². The summed E-state index contributed by atoms with van der Waals surface area (Å²) in [5.74, 6) is -0.429. The van der Waals surface area contributed by atoms with Crippen LogP contribution in [-0.2, 0) is 4.74 Å². The van der Waals surface area contributed by atoms with Crippen molar-refractivity contribution >= 4 is 56.8 Å². The average Bonchev–Trinajstić information content (AvgIpc) is 3.43. The van der Waals surface area contributed by atoms with Gasteiger partial charge in [-0.05, 0) is 56.0 Å². The van der Waals surface area contributed by atoms with Crippen LogP contribution in [0, 0.1) is 5.82 Å². The second-order valence-corrected chi connectivity index (χ2v) is 10.5. The van der Waals surface area contributed by atoms with Gasteiger partial charge in [0.15, 0.2) is 11.1 Å². The predicted octanol–water partition coefficient (Wildman–Crippen LogP) is 5.68. The number of carbonyl (C=O) groups excluding carboxylic acids is 2. The smallest absolute Gasteiger partial charge is 0.410 e. The van der Waals surface area contributed by atoms with Crippen molar-refractivity contribution in [3.63, 3.8) is 0 Å². The summed E-state index contributed by atoms with van der Waals surface area (Å²) < 4.78 is 25.5. The number of rotatable bonds is 6. The van der Waals surface area contributed by atoms with Gasteiger partial charge in [-0.3, -0.25) is 4.79 Å². The van der Waals surface area contributed by atoms with E-state index >= 15 is 0 Å². The molecule has 2 aliphatic rings. The molecule has 1 unspecified atom stereocenters.